The molecule has 2 aliphatic rings. The zero-order chi connectivity index (χ0) is 11.5. The summed E-state index contributed by atoms with van der Waals surface area (Å²) >= 11 is 0. The molecule has 94 valence electrons. The van der Waals surface area contributed by atoms with Crippen LogP contribution in [0.5, 0.6) is 0 Å². The number of hydrogen-bond acceptors (Lipinski definition) is 2. The highest BCUT2D eigenvalue weighted by molar-refractivity contribution is 4.92. The summed E-state index contributed by atoms with van der Waals surface area (Å²) in [6, 6.07) is 1.52. The van der Waals surface area contributed by atoms with Crippen LogP contribution < -0.4 is 5.32 Å². The number of rotatable bonds is 7. The summed E-state index contributed by atoms with van der Waals surface area (Å²) in [4.78, 5) is 2.74. The van der Waals surface area contributed by atoms with Crippen LogP contribution in [0.1, 0.15) is 46.5 Å². The Morgan fingerprint density at radius 3 is 2.38 bits per heavy atom. The Morgan fingerprint density at radius 2 is 1.94 bits per heavy atom. The maximum absolute atomic E-state index is 3.60. The quantitative estimate of drug-likeness (QED) is 0.715. The average molecular weight is 224 g/mol. The molecule has 2 nitrogen and oxygen atoms in total. The second-order valence-electron chi connectivity index (χ2n) is 6.00. The minimum absolute atomic E-state index is 0.639. The first-order valence-corrected chi connectivity index (χ1v) is 7.18. The van der Waals surface area contributed by atoms with E-state index in [0.717, 1.165) is 17.9 Å². The molecule has 2 atom stereocenters. The Hall–Kier alpha value is -0.0800. The van der Waals surface area contributed by atoms with Gasteiger partial charge in [-0.3, -0.25) is 0 Å². The molecule has 2 fully saturated rings. The lowest BCUT2D eigenvalue weighted by molar-refractivity contribution is 0.0612. The van der Waals surface area contributed by atoms with Gasteiger partial charge in [-0.1, -0.05) is 20.8 Å². The molecule has 1 N–H and O–H groups in total. The molecule has 0 aromatic heterocycles. The van der Waals surface area contributed by atoms with E-state index in [9.17, 15) is 0 Å². The summed E-state index contributed by atoms with van der Waals surface area (Å²) in [5.41, 5.74) is 0. The molecule has 2 saturated carbocycles. The van der Waals surface area contributed by atoms with E-state index in [0.29, 0.717) is 6.04 Å². The summed E-state index contributed by atoms with van der Waals surface area (Å²) < 4.78 is 0. The maximum Gasteiger partial charge on any atom is 0.0136 e. The Kier molecular flexibility index (Phi) is 4.26. The van der Waals surface area contributed by atoms with Gasteiger partial charge in [0.15, 0.2) is 0 Å². The molecule has 0 aromatic rings. The van der Waals surface area contributed by atoms with E-state index in [1.54, 1.807) is 0 Å². The summed E-state index contributed by atoms with van der Waals surface area (Å²) in [7, 11) is 0. The van der Waals surface area contributed by atoms with E-state index in [4.69, 9.17) is 0 Å². The topological polar surface area (TPSA) is 15.3 Å². The predicted molar refractivity (Wildman–Crippen MR) is 69.6 cm³/mol. The Morgan fingerprint density at radius 1 is 1.19 bits per heavy atom. The van der Waals surface area contributed by atoms with Gasteiger partial charge in [0, 0.05) is 18.6 Å². The van der Waals surface area contributed by atoms with Gasteiger partial charge in [-0.25, -0.2) is 0 Å². The van der Waals surface area contributed by atoms with Gasteiger partial charge in [0.25, 0.3) is 0 Å². The van der Waals surface area contributed by atoms with Crippen molar-refractivity contribution >= 4 is 0 Å². The molecule has 0 saturated heterocycles. The van der Waals surface area contributed by atoms with E-state index in [1.165, 1.54) is 45.3 Å². The highest BCUT2D eigenvalue weighted by Crippen LogP contribution is 2.36. The van der Waals surface area contributed by atoms with Crippen LogP contribution in [0.4, 0.5) is 0 Å². The Labute approximate surface area is 101 Å². The maximum atomic E-state index is 3.60. The van der Waals surface area contributed by atoms with Gasteiger partial charge in [0.1, 0.15) is 0 Å². The third-order valence-electron chi connectivity index (χ3n) is 4.23. The number of hydrogen-bond donors (Lipinski definition) is 1. The van der Waals surface area contributed by atoms with Gasteiger partial charge in [-0.05, 0) is 50.6 Å². The summed E-state index contributed by atoms with van der Waals surface area (Å²) in [5, 5.41) is 3.60. The standard InChI is InChI=1S/C14H28N2/c1-4-16(10-12-5-6-12)14-8-7-13(14)9-15-11(2)3/h11-15H,4-10H2,1-3H3. The van der Waals surface area contributed by atoms with Gasteiger partial charge in [-0.2, -0.15) is 0 Å². The third-order valence-corrected chi connectivity index (χ3v) is 4.23. The second kappa shape index (κ2) is 5.50. The molecule has 0 spiro atoms. The molecule has 2 unspecified atom stereocenters. The molecule has 2 heteroatoms. The second-order valence-corrected chi connectivity index (χ2v) is 6.00. The van der Waals surface area contributed by atoms with Crippen molar-refractivity contribution in [2.75, 3.05) is 19.6 Å². The Balaban J connectivity index is 1.73. The molecule has 0 aromatic carbocycles. The number of nitrogens with one attached hydrogen (secondary N) is 1. The molecule has 0 heterocycles. The zero-order valence-electron chi connectivity index (χ0n) is 11.2. The molecule has 0 radical (unpaired) electrons. The molecular formula is C14H28N2. The molecule has 0 aliphatic heterocycles. The summed E-state index contributed by atoms with van der Waals surface area (Å²) in [6.07, 6.45) is 5.84. The minimum atomic E-state index is 0.639. The predicted octanol–water partition coefficient (Wildman–Crippen LogP) is 2.49. The van der Waals surface area contributed by atoms with Crippen molar-refractivity contribution in [2.45, 2.75) is 58.5 Å². The van der Waals surface area contributed by atoms with Crippen molar-refractivity contribution in [3.8, 4) is 0 Å². The van der Waals surface area contributed by atoms with Crippen molar-refractivity contribution in [3.05, 3.63) is 0 Å². The van der Waals surface area contributed by atoms with Crippen LogP contribution in [0.2, 0.25) is 0 Å². The van der Waals surface area contributed by atoms with E-state index in [1.807, 2.05) is 0 Å². The van der Waals surface area contributed by atoms with Crippen molar-refractivity contribution in [3.63, 3.8) is 0 Å². The largest absolute Gasteiger partial charge is 0.314 e. The molecule has 16 heavy (non-hydrogen) atoms. The van der Waals surface area contributed by atoms with Crippen molar-refractivity contribution in [2.24, 2.45) is 11.8 Å². The average Bonchev–Trinajstić information content (AvgIpc) is 2.98. The van der Waals surface area contributed by atoms with Crippen LogP contribution >= 0.6 is 0 Å². The van der Waals surface area contributed by atoms with Gasteiger partial charge >= 0.3 is 0 Å². The van der Waals surface area contributed by atoms with Crippen LogP contribution in [0.3, 0.4) is 0 Å². The molecule has 2 aliphatic carbocycles. The molecule has 0 bridgehead atoms. The molecule has 0 amide bonds. The van der Waals surface area contributed by atoms with E-state index in [-0.39, 0.29) is 0 Å². The fraction of sp³-hybridized carbons (Fsp3) is 1.00. The first-order chi connectivity index (χ1) is 7.70. The fourth-order valence-electron chi connectivity index (χ4n) is 2.79. The van der Waals surface area contributed by atoms with Gasteiger partial charge in [0.2, 0.25) is 0 Å². The van der Waals surface area contributed by atoms with E-state index in [2.05, 4.69) is 31.0 Å². The fourth-order valence-corrected chi connectivity index (χ4v) is 2.79. The zero-order valence-corrected chi connectivity index (χ0v) is 11.2. The summed E-state index contributed by atoms with van der Waals surface area (Å²) in [6.45, 7) is 10.7. The van der Waals surface area contributed by atoms with Gasteiger partial charge < -0.3 is 10.2 Å². The van der Waals surface area contributed by atoms with E-state index >= 15 is 0 Å². The first kappa shape index (κ1) is 12.4. The minimum Gasteiger partial charge on any atom is -0.314 e. The highest BCUT2D eigenvalue weighted by Gasteiger charge is 2.36. The van der Waals surface area contributed by atoms with Gasteiger partial charge in [0.05, 0.1) is 0 Å². The monoisotopic (exact) mass is 224 g/mol. The van der Waals surface area contributed by atoms with Crippen LogP contribution in [-0.4, -0.2) is 36.6 Å². The molecule has 2 rings (SSSR count). The lowest BCUT2D eigenvalue weighted by Gasteiger charge is -2.44. The first-order valence-electron chi connectivity index (χ1n) is 7.18. The van der Waals surface area contributed by atoms with Crippen molar-refractivity contribution in [1.29, 1.82) is 0 Å². The summed E-state index contributed by atoms with van der Waals surface area (Å²) in [5.74, 6) is 1.96. The lowest BCUT2D eigenvalue weighted by Crippen LogP contribution is -2.51. The lowest BCUT2D eigenvalue weighted by atomic mass is 9.78. The van der Waals surface area contributed by atoms with Crippen molar-refractivity contribution in [1.82, 2.24) is 10.2 Å². The SMILES string of the molecule is CCN(CC1CC1)C1CCC1CNC(C)C. The van der Waals surface area contributed by atoms with Crippen LogP contribution in [0.15, 0.2) is 0 Å². The van der Waals surface area contributed by atoms with Crippen LogP contribution in [0.25, 0.3) is 0 Å². The molecular weight excluding hydrogens is 196 g/mol. The smallest absolute Gasteiger partial charge is 0.0136 e. The Bertz CT molecular complexity index is 211. The van der Waals surface area contributed by atoms with Crippen molar-refractivity contribution < 1.29 is 0 Å². The normalized spacial score (nSPS) is 29.8. The third kappa shape index (κ3) is 3.21. The number of nitrogens with zero attached hydrogens (tertiary/aromatic N) is 1. The van der Waals surface area contributed by atoms with E-state index < -0.39 is 0 Å². The van der Waals surface area contributed by atoms with Crippen LogP contribution in [0, 0.1) is 11.8 Å². The van der Waals surface area contributed by atoms with Gasteiger partial charge in [-0.15, -0.1) is 0 Å². The highest BCUT2D eigenvalue weighted by atomic mass is 15.2. The van der Waals surface area contributed by atoms with Crippen LogP contribution in [-0.2, 0) is 0 Å².